The number of anilines is 2. The lowest BCUT2D eigenvalue weighted by Crippen LogP contribution is -2.26. The normalized spacial score (nSPS) is 10.5. The fourth-order valence-corrected chi connectivity index (χ4v) is 2.38. The Morgan fingerprint density at radius 2 is 1.68 bits per heavy atom. The molecule has 4 nitrogen and oxygen atoms in total. The van der Waals surface area contributed by atoms with Gasteiger partial charge in [-0.25, -0.2) is 4.98 Å². The molecule has 2 rings (SSSR count). The van der Waals surface area contributed by atoms with Gasteiger partial charge in [-0.3, -0.25) is 0 Å². The molecule has 0 unspecified atom stereocenters. The van der Waals surface area contributed by atoms with Crippen molar-refractivity contribution in [1.29, 1.82) is 0 Å². The smallest absolute Gasteiger partial charge is 0.224 e. The number of aromatic nitrogens is 2. The molecule has 0 aliphatic carbocycles. The minimum atomic E-state index is 0.690. The summed E-state index contributed by atoms with van der Waals surface area (Å²) in [6.07, 6.45) is 4.07. The van der Waals surface area contributed by atoms with E-state index in [2.05, 4.69) is 65.2 Å². The van der Waals surface area contributed by atoms with Crippen molar-refractivity contribution in [2.24, 2.45) is 0 Å². The summed E-state index contributed by atoms with van der Waals surface area (Å²) in [6, 6.07) is 10.5. The molecule has 0 aliphatic heterocycles. The third-order valence-electron chi connectivity index (χ3n) is 3.52. The number of aryl methyl sites for hydroxylation is 1. The molecule has 4 heteroatoms. The van der Waals surface area contributed by atoms with Crippen LogP contribution in [0.15, 0.2) is 36.5 Å². The van der Waals surface area contributed by atoms with E-state index in [1.54, 1.807) is 0 Å². The van der Waals surface area contributed by atoms with Gasteiger partial charge in [0.05, 0.1) is 0 Å². The van der Waals surface area contributed by atoms with Gasteiger partial charge in [0.2, 0.25) is 5.95 Å². The topological polar surface area (TPSA) is 41.1 Å². The molecule has 0 fully saturated rings. The van der Waals surface area contributed by atoms with E-state index in [0.29, 0.717) is 5.95 Å². The Balaban J connectivity index is 2.02. The number of rotatable bonds is 8. The van der Waals surface area contributed by atoms with Gasteiger partial charge in [0.15, 0.2) is 0 Å². The van der Waals surface area contributed by atoms with E-state index < -0.39 is 0 Å². The van der Waals surface area contributed by atoms with Gasteiger partial charge in [-0.15, -0.1) is 0 Å². The van der Waals surface area contributed by atoms with Crippen molar-refractivity contribution in [3.8, 4) is 0 Å². The molecule has 0 bridgehead atoms. The third kappa shape index (κ3) is 4.72. The molecule has 0 spiro atoms. The standard InChI is InChI=1S/C18H26N4/c1-4-12-22(13-5-2)17-10-11-19-18(21-17)20-14-16-8-6-15(3)7-9-16/h6-11H,4-5,12-14H2,1-3H3,(H,19,20,21). The largest absolute Gasteiger partial charge is 0.356 e. The molecule has 0 radical (unpaired) electrons. The molecule has 0 saturated carbocycles. The SMILES string of the molecule is CCCN(CCC)c1ccnc(NCc2ccc(C)cc2)n1. The van der Waals surface area contributed by atoms with Gasteiger partial charge in [0.1, 0.15) is 5.82 Å². The van der Waals surface area contributed by atoms with Crippen LogP contribution in [0, 0.1) is 6.92 Å². The van der Waals surface area contributed by atoms with E-state index in [4.69, 9.17) is 0 Å². The van der Waals surface area contributed by atoms with Crippen molar-refractivity contribution in [3.05, 3.63) is 47.7 Å². The summed E-state index contributed by atoms with van der Waals surface area (Å²) >= 11 is 0. The fraction of sp³-hybridized carbons (Fsp3) is 0.444. The number of hydrogen-bond acceptors (Lipinski definition) is 4. The van der Waals surface area contributed by atoms with E-state index in [9.17, 15) is 0 Å². The first-order valence-electron chi connectivity index (χ1n) is 8.10. The average Bonchev–Trinajstić information content (AvgIpc) is 2.54. The molecule has 0 amide bonds. The Bertz CT molecular complexity index is 560. The van der Waals surface area contributed by atoms with Crippen LogP contribution in [0.4, 0.5) is 11.8 Å². The van der Waals surface area contributed by atoms with Gasteiger partial charge in [0, 0.05) is 25.8 Å². The number of hydrogen-bond donors (Lipinski definition) is 1. The number of nitrogens with one attached hydrogen (secondary N) is 1. The molecule has 22 heavy (non-hydrogen) atoms. The predicted octanol–water partition coefficient (Wildman–Crippen LogP) is 4.02. The Kier molecular flexibility index (Phi) is 6.19. The molecular weight excluding hydrogens is 272 g/mol. The summed E-state index contributed by atoms with van der Waals surface area (Å²) in [5.74, 6) is 1.69. The summed E-state index contributed by atoms with van der Waals surface area (Å²) < 4.78 is 0. The van der Waals surface area contributed by atoms with Crippen LogP contribution in [-0.2, 0) is 6.54 Å². The van der Waals surface area contributed by atoms with E-state index >= 15 is 0 Å². The van der Waals surface area contributed by atoms with Crippen LogP contribution >= 0.6 is 0 Å². The van der Waals surface area contributed by atoms with E-state index in [1.807, 2.05) is 12.3 Å². The predicted molar refractivity (Wildman–Crippen MR) is 93.3 cm³/mol. The zero-order chi connectivity index (χ0) is 15.8. The second kappa shape index (κ2) is 8.37. The molecule has 1 aromatic carbocycles. The average molecular weight is 298 g/mol. The Labute approximate surface area is 133 Å². The first-order valence-corrected chi connectivity index (χ1v) is 8.10. The highest BCUT2D eigenvalue weighted by Crippen LogP contribution is 2.14. The van der Waals surface area contributed by atoms with Crippen molar-refractivity contribution in [3.63, 3.8) is 0 Å². The molecule has 1 N–H and O–H groups in total. The highest BCUT2D eigenvalue weighted by atomic mass is 15.2. The van der Waals surface area contributed by atoms with Crippen LogP contribution in [0.1, 0.15) is 37.8 Å². The quantitative estimate of drug-likeness (QED) is 0.799. The van der Waals surface area contributed by atoms with E-state index in [0.717, 1.165) is 38.3 Å². The van der Waals surface area contributed by atoms with Crippen molar-refractivity contribution in [2.45, 2.75) is 40.2 Å². The first kappa shape index (κ1) is 16.3. The van der Waals surface area contributed by atoms with Crippen LogP contribution in [0.25, 0.3) is 0 Å². The Hall–Kier alpha value is -2.10. The van der Waals surface area contributed by atoms with Gasteiger partial charge >= 0.3 is 0 Å². The van der Waals surface area contributed by atoms with Crippen molar-refractivity contribution >= 4 is 11.8 Å². The lowest BCUT2D eigenvalue weighted by atomic mass is 10.1. The summed E-state index contributed by atoms with van der Waals surface area (Å²) in [7, 11) is 0. The molecule has 1 heterocycles. The van der Waals surface area contributed by atoms with E-state index in [1.165, 1.54) is 11.1 Å². The zero-order valence-electron chi connectivity index (χ0n) is 13.8. The lowest BCUT2D eigenvalue weighted by molar-refractivity contribution is 0.733. The molecule has 118 valence electrons. The highest BCUT2D eigenvalue weighted by Gasteiger charge is 2.07. The summed E-state index contributed by atoms with van der Waals surface area (Å²) in [5.41, 5.74) is 2.51. The maximum Gasteiger partial charge on any atom is 0.224 e. The third-order valence-corrected chi connectivity index (χ3v) is 3.52. The zero-order valence-corrected chi connectivity index (χ0v) is 13.8. The molecule has 2 aromatic rings. The van der Waals surface area contributed by atoms with Gasteiger partial charge in [-0.2, -0.15) is 4.98 Å². The fourth-order valence-electron chi connectivity index (χ4n) is 2.38. The molecule has 0 atom stereocenters. The summed E-state index contributed by atoms with van der Waals surface area (Å²) in [5, 5.41) is 3.31. The van der Waals surface area contributed by atoms with Crippen LogP contribution < -0.4 is 10.2 Å². The van der Waals surface area contributed by atoms with Gasteiger partial charge < -0.3 is 10.2 Å². The molecule has 1 aromatic heterocycles. The van der Waals surface area contributed by atoms with Crippen LogP contribution in [-0.4, -0.2) is 23.1 Å². The summed E-state index contributed by atoms with van der Waals surface area (Å²) in [4.78, 5) is 11.3. The maximum atomic E-state index is 4.65. The second-order valence-electron chi connectivity index (χ2n) is 5.56. The van der Waals surface area contributed by atoms with Crippen molar-refractivity contribution in [2.75, 3.05) is 23.3 Å². The van der Waals surface area contributed by atoms with Crippen LogP contribution in [0.3, 0.4) is 0 Å². The van der Waals surface area contributed by atoms with Crippen molar-refractivity contribution in [1.82, 2.24) is 9.97 Å². The lowest BCUT2D eigenvalue weighted by Gasteiger charge is -2.22. The van der Waals surface area contributed by atoms with Crippen LogP contribution in [0.2, 0.25) is 0 Å². The minimum Gasteiger partial charge on any atom is -0.356 e. The minimum absolute atomic E-state index is 0.690. The number of nitrogens with zero attached hydrogens (tertiary/aromatic N) is 3. The van der Waals surface area contributed by atoms with Gasteiger partial charge in [-0.1, -0.05) is 43.7 Å². The van der Waals surface area contributed by atoms with E-state index in [-0.39, 0.29) is 0 Å². The number of benzene rings is 1. The van der Waals surface area contributed by atoms with Crippen molar-refractivity contribution < 1.29 is 0 Å². The molecule has 0 aliphatic rings. The Morgan fingerprint density at radius 1 is 1.00 bits per heavy atom. The van der Waals surface area contributed by atoms with Crippen LogP contribution in [0.5, 0.6) is 0 Å². The first-order chi connectivity index (χ1) is 10.7. The molecule has 0 saturated heterocycles. The summed E-state index contributed by atoms with van der Waals surface area (Å²) in [6.45, 7) is 9.29. The van der Waals surface area contributed by atoms with Gasteiger partial charge in [0.25, 0.3) is 0 Å². The molecular formula is C18H26N4. The monoisotopic (exact) mass is 298 g/mol. The maximum absolute atomic E-state index is 4.65. The Morgan fingerprint density at radius 3 is 2.32 bits per heavy atom. The van der Waals surface area contributed by atoms with Gasteiger partial charge in [-0.05, 0) is 31.4 Å². The second-order valence-corrected chi connectivity index (χ2v) is 5.56. The highest BCUT2D eigenvalue weighted by molar-refractivity contribution is 5.42.